The number of nitrogens with two attached hydrogens (primary N) is 1. The first kappa shape index (κ1) is 17.1. The van der Waals surface area contributed by atoms with E-state index in [0.717, 1.165) is 0 Å². The lowest BCUT2D eigenvalue weighted by Gasteiger charge is -2.40. The predicted molar refractivity (Wildman–Crippen MR) is 81.1 cm³/mol. The van der Waals surface area contributed by atoms with Crippen LogP contribution in [0, 0.1) is 5.92 Å². The van der Waals surface area contributed by atoms with Crippen LogP contribution >= 0.6 is 11.8 Å². The van der Waals surface area contributed by atoms with Gasteiger partial charge in [-0.25, -0.2) is 0 Å². The Labute approximate surface area is 124 Å². The highest BCUT2D eigenvalue weighted by molar-refractivity contribution is 8.00. The molecule has 0 aromatic carbocycles. The number of carbonyl (C=O) groups is 1. The lowest BCUT2D eigenvalue weighted by atomic mass is 9.94. The summed E-state index contributed by atoms with van der Waals surface area (Å²) in [6.07, 6.45) is 3.89. The van der Waals surface area contributed by atoms with Gasteiger partial charge in [0.1, 0.15) is 0 Å². The standard InChI is InChI=1S/C13H25N3O3S/c1-10(9-19-2)8-11(17)16-6-4-13(20-3,5-7-16)12(14)15-18/h10,18H,4-9H2,1-3H3,(H2,14,15). The third-order valence-corrected chi connectivity index (χ3v) is 5.26. The highest BCUT2D eigenvalue weighted by Crippen LogP contribution is 2.35. The van der Waals surface area contributed by atoms with Crippen LogP contribution in [0.4, 0.5) is 0 Å². The number of carbonyl (C=O) groups excluding carboxylic acids is 1. The summed E-state index contributed by atoms with van der Waals surface area (Å²) in [6.45, 7) is 3.90. The monoisotopic (exact) mass is 303 g/mol. The SMILES string of the molecule is COCC(C)CC(=O)N1CCC(SC)(C(N)=NO)CC1. The molecule has 1 heterocycles. The van der Waals surface area contributed by atoms with Gasteiger partial charge in [-0.1, -0.05) is 12.1 Å². The average molecular weight is 303 g/mol. The summed E-state index contributed by atoms with van der Waals surface area (Å²) in [4.78, 5) is 14.0. The van der Waals surface area contributed by atoms with Crippen molar-refractivity contribution in [2.24, 2.45) is 16.8 Å². The number of hydrogen-bond donors (Lipinski definition) is 2. The third-order valence-electron chi connectivity index (χ3n) is 3.86. The minimum atomic E-state index is -0.344. The van der Waals surface area contributed by atoms with Gasteiger partial charge in [-0.05, 0) is 25.0 Å². The van der Waals surface area contributed by atoms with Gasteiger partial charge in [0.25, 0.3) is 0 Å². The Morgan fingerprint density at radius 2 is 2.15 bits per heavy atom. The van der Waals surface area contributed by atoms with Crippen LogP contribution in [0.15, 0.2) is 5.16 Å². The molecule has 20 heavy (non-hydrogen) atoms. The summed E-state index contributed by atoms with van der Waals surface area (Å²) >= 11 is 1.59. The Balaban J connectivity index is 2.55. The second-order valence-electron chi connectivity index (χ2n) is 5.33. The molecule has 6 nitrogen and oxygen atoms in total. The largest absolute Gasteiger partial charge is 0.409 e. The number of oxime groups is 1. The summed E-state index contributed by atoms with van der Waals surface area (Å²) in [5, 5.41) is 12.0. The normalized spacial score (nSPS) is 20.8. The zero-order valence-electron chi connectivity index (χ0n) is 12.5. The van der Waals surface area contributed by atoms with E-state index in [1.54, 1.807) is 18.9 Å². The fourth-order valence-corrected chi connectivity index (χ4v) is 3.38. The molecule has 0 spiro atoms. The van der Waals surface area contributed by atoms with Crippen molar-refractivity contribution in [1.29, 1.82) is 0 Å². The van der Waals surface area contributed by atoms with Gasteiger partial charge in [-0.3, -0.25) is 4.79 Å². The molecule has 7 heteroatoms. The number of likely N-dealkylation sites (tertiary alicyclic amines) is 1. The van der Waals surface area contributed by atoms with Crippen LogP contribution in [0.5, 0.6) is 0 Å². The quantitative estimate of drug-likeness (QED) is 0.332. The Morgan fingerprint density at radius 3 is 2.60 bits per heavy atom. The molecule has 0 aliphatic carbocycles. The molecule has 1 aliphatic heterocycles. The van der Waals surface area contributed by atoms with Crippen LogP contribution in [0.2, 0.25) is 0 Å². The van der Waals surface area contributed by atoms with Gasteiger partial charge in [0.2, 0.25) is 5.91 Å². The molecule has 0 aromatic rings. The van der Waals surface area contributed by atoms with Crippen LogP contribution in [-0.2, 0) is 9.53 Å². The van der Waals surface area contributed by atoms with Crippen LogP contribution in [0.1, 0.15) is 26.2 Å². The zero-order valence-corrected chi connectivity index (χ0v) is 13.3. The molecular formula is C13H25N3O3S. The number of hydrogen-bond acceptors (Lipinski definition) is 5. The van der Waals surface area contributed by atoms with Crippen molar-refractivity contribution in [2.45, 2.75) is 30.9 Å². The maximum Gasteiger partial charge on any atom is 0.222 e. The van der Waals surface area contributed by atoms with Crippen molar-refractivity contribution in [1.82, 2.24) is 4.90 Å². The Hall–Kier alpha value is -0.950. The molecule has 0 saturated carbocycles. The second kappa shape index (κ2) is 7.73. The summed E-state index contributed by atoms with van der Waals surface area (Å²) < 4.78 is 4.71. The molecule has 0 bridgehead atoms. The van der Waals surface area contributed by atoms with E-state index >= 15 is 0 Å². The fourth-order valence-electron chi connectivity index (χ4n) is 2.54. The van der Waals surface area contributed by atoms with E-state index < -0.39 is 0 Å². The molecule has 1 amide bonds. The maximum absolute atomic E-state index is 12.2. The van der Waals surface area contributed by atoms with Gasteiger partial charge in [0, 0.05) is 33.2 Å². The Morgan fingerprint density at radius 1 is 1.55 bits per heavy atom. The van der Waals surface area contributed by atoms with E-state index in [1.165, 1.54) is 0 Å². The number of amides is 1. The molecule has 1 aliphatic rings. The van der Waals surface area contributed by atoms with Gasteiger partial charge in [0.15, 0.2) is 5.84 Å². The van der Waals surface area contributed by atoms with Crippen LogP contribution < -0.4 is 5.73 Å². The number of nitrogens with zero attached hydrogens (tertiary/aromatic N) is 2. The van der Waals surface area contributed by atoms with E-state index in [0.29, 0.717) is 39.0 Å². The summed E-state index contributed by atoms with van der Waals surface area (Å²) in [7, 11) is 1.64. The average Bonchev–Trinajstić information content (AvgIpc) is 2.46. The van der Waals surface area contributed by atoms with Crippen LogP contribution in [0.3, 0.4) is 0 Å². The first-order valence-corrected chi connectivity index (χ1v) is 8.01. The topological polar surface area (TPSA) is 88.2 Å². The number of methoxy groups -OCH3 is 1. The highest BCUT2D eigenvalue weighted by atomic mass is 32.2. The van der Waals surface area contributed by atoms with Gasteiger partial charge in [0.05, 0.1) is 4.75 Å². The van der Waals surface area contributed by atoms with Crippen LogP contribution in [0.25, 0.3) is 0 Å². The summed E-state index contributed by atoms with van der Waals surface area (Å²) in [5.41, 5.74) is 5.79. The molecule has 1 unspecified atom stereocenters. The molecule has 0 aromatic heterocycles. The molecular weight excluding hydrogens is 278 g/mol. The number of rotatable bonds is 6. The molecule has 1 saturated heterocycles. The number of piperidine rings is 1. The Kier molecular flexibility index (Phi) is 6.61. The maximum atomic E-state index is 12.2. The lowest BCUT2D eigenvalue weighted by molar-refractivity contribution is -0.133. The highest BCUT2D eigenvalue weighted by Gasteiger charge is 2.39. The minimum Gasteiger partial charge on any atom is -0.409 e. The first-order chi connectivity index (χ1) is 9.49. The van der Waals surface area contributed by atoms with Crippen LogP contribution in [-0.4, -0.2) is 59.7 Å². The fraction of sp³-hybridized carbons (Fsp3) is 0.846. The number of amidine groups is 1. The lowest BCUT2D eigenvalue weighted by Crippen LogP contribution is -2.51. The summed E-state index contributed by atoms with van der Waals surface area (Å²) in [6, 6.07) is 0. The number of ether oxygens (including phenoxy) is 1. The van der Waals surface area contributed by atoms with Crippen molar-refractivity contribution in [3.8, 4) is 0 Å². The van der Waals surface area contributed by atoms with Gasteiger partial charge >= 0.3 is 0 Å². The van der Waals surface area contributed by atoms with E-state index in [9.17, 15) is 4.79 Å². The molecule has 1 rings (SSSR count). The van der Waals surface area contributed by atoms with E-state index in [2.05, 4.69) is 5.16 Å². The molecule has 0 radical (unpaired) electrons. The second-order valence-corrected chi connectivity index (χ2v) is 6.52. The first-order valence-electron chi connectivity index (χ1n) is 6.79. The van der Waals surface area contributed by atoms with Gasteiger partial charge in [-0.15, -0.1) is 0 Å². The Bertz CT molecular complexity index is 355. The van der Waals surface area contributed by atoms with E-state index in [1.807, 2.05) is 18.1 Å². The third kappa shape index (κ3) is 4.02. The minimum absolute atomic E-state index is 0.156. The van der Waals surface area contributed by atoms with E-state index in [4.69, 9.17) is 15.7 Å². The van der Waals surface area contributed by atoms with Crippen molar-refractivity contribution >= 4 is 23.5 Å². The molecule has 1 atom stereocenters. The van der Waals surface area contributed by atoms with E-state index in [-0.39, 0.29) is 22.4 Å². The van der Waals surface area contributed by atoms with Gasteiger partial charge in [-0.2, -0.15) is 11.8 Å². The molecule has 3 N–H and O–H groups in total. The number of thioether (sulfide) groups is 1. The van der Waals surface area contributed by atoms with Gasteiger partial charge < -0.3 is 20.6 Å². The predicted octanol–water partition coefficient (Wildman–Crippen LogP) is 1.13. The zero-order chi connectivity index (χ0) is 15.2. The van der Waals surface area contributed by atoms with Crippen molar-refractivity contribution in [2.75, 3.05) is 33.1 Å². The van der Waals surface area contributed by atoms with Crippen molar-refractivity contribution in [3.05, 3.63) is 0 Å². The molecule has 1 fully saturated rings. The smallest absolute Gasteiger partial charge is 0.222 e. The summed E-state index contributed by atoms with van der Waals surface area (Å²) in [5.74, 6) is 0.636. The van der Waals surface area contributed by atoms with Crippen molar-refractivity contribution in [3.63, 3.8) is 0 Å². The van der Waals surface area contributed by atoms with Crippen molar-refractivity contribution < 1.29 is 14.7 Å². The molecule has 116 valence electrons.